The third kappa shape index (κ3) is 14.0. The Bertz CT molecular complexity index is 874. The minimum Gasteiger partial charge on any atom is -0.480 e. The van der Waals surface area contributed by atoms with Gasteiger partial charge in [-0.1, -0.05) is 6.07 Å². The first-order valence-corrected chi connectivity index (χ1v) is 11.7. The largest absolute Gasteiger partial charge is 0.480 e. The Kier molecular flexibility index (Phi) is 14.0. The molecule has 37 heavy (non-hydrogen) atoms. The number of pyridine rings is 1. The normalized spacial score (nSPS) is 14.7. The van der Waals surface area contributed by atoms with Gasteiger partial charge >= 0.3 is 11.9 Å². The fraction of sp³-hybridized carbons (Fsp3) is 0.583. The first-order valence-electron chi connectivity index (χ1n) is 11.7. The van der Waals surface area contributed by atoms with Crippen LogP contribution in [0.25, 0.3) is 0 Å². The lowest BCUT2D eigenvalue weighted by atomic mass is 10.2. The molecule has 0 saturated carbocycles. The zero-order valence-corrected chi connectivity index (χ0v) is 21.9. The molecule has 0 saturated heterocycles. The molecule has 2 N–H and O–H groups in total. The van der Waals surface area contributed by atoms with Crippen LogP contribution in [0.2, 0.25) is 0 Å². The molecule has 13 nitrogen and oxygen atoms in total. The van der Waals surface area contributed by atoms with E-state index in [-0.39, 0.29) is 43.8 Å². The molecule has 2 rings (SSSR count). The number of ketones is 1. The Labute approximate surface area is 216 Å². The number of amides is 2. The minimum absolute atomic E-state index is 0.0373. The lowest BCUT2D eigenvalue weighted by molar-refractivity contribution is -0.144. The van der Waals surface area contributed by atoms with Crippen LogP contribution in [-0.4, -0.2) is 131 Å². The molecule has 0 unspecified atom stereocenters. The van der Waals surface area contributed by atoms with Crippen LogP contribution in [0, 0.1) is 0 Å². The molecule has 0 spiro atoms. The van der Waals surface area contributed by atoms with Crippen LogP contribution in [0.1, 0.15) is 25.2 Å². The van der Waals surface area contributed by atoms with E-state index in [2.05, 4.69) is 4.98 Å². The Morgan fingerprint density at radius 3 is 1.57 bits per heavy atom. The number of aromatic nitrogens is 1. The molecular weight excluding hydrogens is 486 g/mol. The van der Waals surface area contributed by atoms with Crippen LogP contribution < -0.4 is 0 Å². The number of fused-ring (bicyclic) bond motifs is 2. The van der Waals surface area contributed by atoms with Crippen molar-refractivity contribution in [2.45, 2.75) is 26.9 Å². The Morgan fingerprint density at radius 2 is 1.22 bits per heavy atom. The molecule has 0 atom stereocenters. The summed E-state index contributed by atoms with van der Waals surface area (Å²) in [5.41, 5.74) is 1.46. The van der Waals surface area contributed by atoms with Gasteiger partial charge < -0.3 is 29.5 Å². The van der Waals surface area contributed by atoms with Gasteiger partial charge in [-0.2, -0.15) is 0 Å². The number of carbonyl (C=O) groups excluding carboxylic acids is 3. The maximum absolute atomic E-state index is 12.4. The van der Waals surface area contributed by atoms with Crippen molar-refractivity contribution in [3.8, 4) is 0 Å². The van der Waals surface area contributed by atoms with Crippen molar-refractivity contribution in [3.63, 3.8) is 0 Å². The van der Waals surface area contributed by atoms with Crippen molar-refractivity contribution in [1.29, 1.82) is 0 Å². The Morgan fingerprint density at radius 1 is 0.838 bits per heavy atom. The van der Waals surface area contributed by atoms with Gasteiger partial charge in [0.2, 0.25) is 11.8 Å². The van der Waals surface area contributed by atoms with Crippen molar-refractivity contribution in [2.24, 2.45) is 0 Å². The van der Waals surface area contributed by atoms with E-state index in [4.69, 9.17) is 14.9 Å². The number of carboxylic acid groups (broad SMARTS) is 2. The Balaban J connectivity index is 0.00000159. The number of rotatable bonds is 8. The van der Waals surface area contributed by atoms with E-state index >= 15 is 0 Å². The van der Waals surface area contributed by atoms with Gasteiger partial charge in [0.1, 0.15) is 18.9 Å². The molecule has 1 aliphatic rings. The van der Waals surface area contributed by atoms with Gasteiger partial charge in [-0.3, -0.25) is 34.0 Å². The number of likely N-dealkylation sites (N-methyl/N-ethyl adjacent to an activating group) is 2. The van der Waals surface area contributed by atoms with Crippen molar-refractivity contribution in [1.82, 2.24) is 24.6 Å². The summed E-state index contributed by atoms with van der Waals surface area (Å²) in [5.74, 6) is -2.60. The van der Waals surface area contributed by atoms with E-state index in [0.29, 0.717) is 39.4 Å². The lowest BCUT2D eigenvalue weighted by Gasteiger charge is -2.27. The maximum Gasteiger partial charge on any atom is 0.323 e. The predicted octanol–water partition coefficient (Wildman–Crippen LogP) is -0.603. The fourth-order valence-corrected chi connectivity index (χ4v) is 3.29. The summed E-state index contributed by atoms with van der Waals surface area (Å²) in [4.78, 5) is 66.7. The first-order chi connectivity index (χ1) is 17.4. The number of aliphatic carboxylic acids is 2. The second kappa shape index (κ2) is 16.3. The summed E-state index contributed by atoms with van der Waals surface area (Å²) in [7, 11) is 2.90. The van der Waals surface area contributed by atoms with Gasteiger partial charge in [0.05, 0.1) is 37.7 Å². The second-order valence-electron chi connectivity index (χ2n) is 8.85. The standard InChI is InChI=1S/C21H31N5O7.C3H6O/c1-23(14-20(29)30)18(27)12-25-6-8-33-9-7-26(13-19(28)24(2)15-21(31)32)11-17-5-3-4-16(10-25)22-17;1-3(2)4/h3-5H,6-15H2,1-2H3,(H,29,30)(H,31,32);1-2H3. The van der Waals surface area contributed by atoms with Gasteiger partial charge in [0, 0.05) is 40.3 Å². The second-order valence-corrected chi connectivity index (χ2v) is 8.85. The number of carbonyl (C=O) groups is 5. The quantitative estimate of drug-likeness (QED) is 0.447. The summed E-state index contributed by atoms with van der Waals surface area (Å²) >= 11 is 0. The van der Waals surface area contributed by atoms with Gasteiger partial charge in [-0.25, -0.2) is 0 Å². The molecule has 0 aromatic carbocycles. The summed E-state index contributed by atoms with van der Waals surface area (Å²) < 4.78 is 5.70. The van der Waals surface area contributed by atoms with E-state index in [1.807, 2.05) is 28.0 Å². The average molecular weight is 524 g/mol. The Hall–Kier alpha value is -3.42. The number of hydrogen-bond donors (Lipinski definition) is 2. The van der Waals surface area contributed by atoms with E-state index in [0.717, 1.165) is 11.4 Å². The van der Waals surface area contributed by atoms with Crippen LogP contribution in [0.5, 0.6) is 0 Å². The molecule has 1 aromatic heterocycles. The number of Topliss-reactive ketones (excluding diaryl/α,β-unsaturated/α-hetero) is 1. The fourth-order valence-electron chi connectivity index (χ4n) is 3.29. The molecule has 0 aliphatic carbocycles. The monoisotopic (exact) mass is 523 g/mol. The number of nitrogens with zero attached hydrogens (tertiary/aromatic N) is 5. The SMILES string of the molecule is CC(C)=O.CN(CC(=O)O)C(=O)CN1CCOCCN(CC(=O)N(C)CC(=O)O)Cc2cccc(n2)C1. The van der Waals surface area contributed by atoms with E-state index in [9.17, 15) is 24.0 Å². The number of carboxylic acids is 2. The van der Waals surface area contributed by atoms with Crippen molar-refractivity contribution < 1.29 is 38.9 Å². The van der Waals surface area contributed by atoms with Crippen molar-refractivity contribution in [3.05, 3.63) is 29.6 Å². The van der Waals surface area contributed by atoms with E-state index < -0.39 is 11.9 Å². The molecule has 1 aromatic rings. The lowest BCUT2D eigenvalue weighted by Crippen LogP contribution is -2.42. The summed E-state index contributed by atoms with van der Waals surface area (Å²) in [6.45, 7) is 4.73. The summed E-state index contributed by atoms with van der Waals surface area (Å²) in [6.07, 6.45) is 0. The first kappa shape index (κ1) is 31.6. The third-order valence-electron chi connectivity index (χ3n) is 5.05. The summed E-state index contributed by atoms with van der Waals surface area (Å²) in [6, 6.07) is 5.53. The van der Waals surface area contributed by atoms with E-state index in [1.165, 1.54) is 37.7 Å². The molecule has 1 aliphatic heterocycles. The van der Waals surface area contributed by atoms with E-state index in [1.54, 1.807) is 0 Å². The highest BCUT2D eigenvalue weighted by Gasteiger charge is 2.20. The zero-order chi connectivity index (χ0) is 28.0. The van der Waals surface area contributed by atoms with Gasteiger partial charge in [0.25, 0.3) is 0 Å². The van der Waals surface area contributed by atoms with Gasteiger partial charge in [-0.05, 0) is 26.0 Å². The smallest absolute Gasteiger partial charge is 0.323 e. The average Bonchev–Trinajstić information content (AvgIpc) is 2.76. The predicted molar refractivity (Wildman–Crippen MR) is 133 cm³/mol. The molecule has 13 heteroatoms. The van der Waals surface area contributed by atoms with Gasteiger partial charge in [-0.15, -0.1) is 0 Å². The van der Waals surface area contributed by atoms with Gasteiger partial charge in [0.15, 0.2) is 0 Å². The van der Waals surface area contributed by atoms with Crippen LogP contribution in [0.4, 0.5) is 0 Å². The summed E-state index contributed by atoms with van der Waals surface area (Å²) in [5, 5.41) is 17.8. The molecule has 0 radical (unpaired) electrons. The van der Waals surface area contributed by atoms with Crippen LogP contribution in [-0.2, 0) is 41.8 Å². The molecule has 206 valence electrons. The number of ether oxygens (including phenoxy) is 1. The van der Waals surface area contributed by atoms with Crippen LogP contribution in [0.3, 0.4) is 0 Å². The highest BCUT2D eigenvalue weighted by atomic mass is 16.5. The highest BCUT2D eigenvalue weighted by molar-refractivity contribution is 5.83. The minimum atomic E-state index is -1.07. The molecule has 2 heterocycles. The molecule has 0 fully saturated rings. The molecular formula is C24H37N5O8. The number of hydrogen-bond acceptors (Lipinski definition) is 9. The zero-order valence-electron chi connectivity index (χ0n) is 21.9. The topological polar surface area (TPSA) is 161 Å². The highest BCUT2D eigenvalue weighted by Crippen LogP contribution is 2.09. The maximum atomic E-state index is 12.4. The van der Waals surface area contributed by atoms with Crippen molar-refractivity contribution >= 4 is 29.5 Å². The third-order valence-corrected chi connectivity index (χ3v) is 5.05. The van der Waals surface area contributed by atoms with Crippen molar-refractivity contribution in [2.75, 3.05) is 66.6 Å². The van der Waals surface area contributed by atoms with Crippen LogP contribution in [0.15, 0.2) is 18.2 Å². The van der Waals surface area contributed by atoms with Crippen LogP contribution >= 0.6 is 0 Å². The molecule has 2 amide bonds. The molecule has 2 bridgehead atoms.